The zero-order chi connectivity index (χ0) is 21.2. The first kappa shape index (κ1) is 23.6. The van der Waals surface area contributed by atoms with Crippen molar-refractivity contribution in [2.24, 2.45) is 0 Å². The van der Waals surface area contributed by atoms with Crippen molar-refractivity contribution in [2.45, 2.75) is 38.6 Å². The van der Waals surface area contributed by atoms with Gasteiger partial charge in [0, 0.05) is 34.5 Å². The Labute approximate surface area is 187 Å². The van der Waals surface area contributed by atoms with Gasteiger partial charge in [0.25, 0.3) is 0 Å². The molecule has 2 aromatic rings. The van der Waals surface area contributed by atoms with E-state index in [1.807, 2.05) is 44.2 Å². The quantitative estimate of drug-likeness (QED) is 0.540. The summed E-state index contributed by atoms with van der Waals surface area (Å²) in [5.74, 6) is 0.720. The number of carbonyl (C=O) groups excluding carboxylic acids is 2. The van der Waals surface area contributed by atoms with Crippen LogP contribution in [-0.4, -0.2) is 35.1 Å². The molecule has 0 aliphatic rings. The lowest BCUT2D eigenvalue weighted by molar-refractivity contribution is -0.139. The Bertz CT molecular complexity index is 797. The second-order valence-corrected chi connectivity index (χ2v) is 8.32. The molecule has 1 atom stereocenters. The molecular weight excluding hydrogens is 427 g/mol. The van der Waals surface area contributed by atoms with Crippen LogP contribution in [0.1, 0.15) is 31.4 Å². The van der Waals surface area contributed by atoms with Crippen LogP contribution in [0.3, 0.4) is 0 Å². The highest BCUT2D eigenvalue weighted by molar-refractivity contribution is 7.99. The first-order valence-electron chi connectivity index (χ1n) is 9.59. The van der Waals surface area contributed by atoms with E-state index in [-0.39, 0.29) is 24.1 Å². The highest BCUT2D eigenvalue weighted by Crippen LogP contribution is 2.27. The third kappa shape index (κ3) is 6.95. The van der Waals surface area contributed by atoms with Gasteiger partial charge in [0.1, 0.15) is 6.04 Å². The molecule has 0 heterocycles. The molecule has 7 heteroatoms. The van der Waals surface area contributed by atoms with Crippen molar-refractivity contribution in [1.29, 1.82) is 0 Å². The normalized spacial score (nSPS) is 11.7. The lowest BCUT2D eigenvalue weighted by atomic mass is 10.1. The van der Waals surface area contributed by atoms with Crippen LogP contribution in [0, 0.1) is 0 Å². The van der Waals surface area contributed by atoms with E-state index in [1.54, 1.807) is 23.1 Å². The van der Waals surface area contributed by atoms with E-state index < -0.39 is 6.04 Å². The molecule has 29 heavy (non-hydrogen) atoms. The van der Waals surface area contributed by atoms with Gasteiger partial charge in [-0.25, -0.2) is 0 Å². The first-order chi connectivity index (χ1) is 14.0. The van der Waals surface area contributed by atoms with Crippen molar-refractivity contribution in [3.63, 3.8) is 0 Å². The number of halogens is 2. The summed E-state index contributed by atoms with van der Waals surface area (Å²) < 4.78 is 0. The summed E-state index contributed by atoms with van der Waals surface area (Å²) in [6, 6.07) is 14.6. The summed E-state index contributed by atoms with van der Waals surface area (Å²) in [5, 5.41) is 3.79. The molecule has 0 bridgehead atoms. The van der Waals surface area contributed by atoms with Gasteiger partial charge in [-0.1, -0.05) is 66.5 Å². The molecule has 0 aliphatic carbocycles. The fourth-order valence-corrected chi connectivity index (χ4v) is 4.37. The van der Waals surface area contributed by atoms with Gasteiger partial charge in [0.15, 0.2) is 0 Å². The Morgan fingerprint density at radius 1 is 1.03 bits per heavy atom. The van der Waals surface area contributed by atoms with E-state index in [2.05, 4.69) is 5.32 Å². The van der Waals surface area contributed by atoms with Crippen LogP contribution in [0.5, 0.6) is 0 Å². The molecule has 2 amide bonds. The number of hydrogen-bond donors (Lipinski definition) is 1. The van der Waals surface area contributed by atoms with Gasteiger partial charge >= 0.3 is 0 Å². The Hall–Kier alpha value is -1.69. The van der Waals surface area contributed by atoms with E-state index in [0.29, 0.717) is 28.6 Å². The number of amides is 2. The average molecular weight is 453 g/mol. The second kappa shape index (κ2) is 12.1. The van der Waals surface area contributed by atoms with Gasteiger partial charge in [0.05, 0.1) is 5.75 Å². The number of nitrogens with zero attached hydrogens (tertiary/aromatic N) is 1. The minimum absolute atomic E-state index is 0.111. The molecule has 4 nitrogen and oxygen atoms in total. The molecule has 0 fully saturated rings. The van der Waals surface area contributed by atoms with E-state index in [9.17, 15) is 9.59 Å². The lowest BCUT2D eigenvalue weighted by Crippen LogP contribution is -2.49. The number of nitrogens with one attached hydrogen (secondary N) is 1. The molecule has 1 N–H and O–H groups in total. The minimum Gasteiger partial charge on any atom is -0.355 e. The zero-order valence-corrected chi connectivity index (χ0v) is 19.0. The van der Waals surface area contributed by atoms with Gasteiger partial charge in [-0.05, 0) is 31.0 Å². The molecule has 0 unspecified atom stereocenters. The molecule has 2 rings (SSSR count). The minimum atomic E-state index is -0.577. The zero-order valence-electron chi connectivity index (χ0n) is 16.7. The summed E-state index contributed by atoms with van der Waals surface area (Å²) in [6.45, 7) is 4.45. The highest BCUT2D eigenvalue weighted by atomic mass is 35.5. The van der Waals surface area contributed by atoms with E-state index in [1.165, 1.54) is 11.8 Å². The average Bonchev–Trinajstić information content (AvgIpc) is 2.71. The van der Waals surface area contributed by atoms with Crippen LogP contribution in [0.25, 0.3) is 0 Å². The fourth-order valence-electron chi connectivity index (χ4n) is 2.98. The lowest BCUT2D eigenvalue weighted by Gasteiger charge is -2.31. The van der Waals surface area contributed by atoms with Gasteiger partial charge in [-0.15, -0.1) is 11.8 Å². The van der Waals surface area contributed by atoms with E-state index >= 15 is 0 Å². The third-order valence-corrected chi connectivity index (χ3v) is 6.16. The van der Waals surface area contributed by atoms with Gasteiger partial charge in [-0.2, -0.15) is 0 Å². The van der Waals surface area contributed by atoms with Crippen molar-refractivity contribution in [3.8, 4) is 0 Å². The molecule has 0 spiro atoms. The SMILES string of the molecule is CCNC(=O)[C@@H](CC)N(Cc1c(Cl)cccc1Cl)C(=O)CSCc1ccccc1. The van der Waals surface area contributed by atoms with Crippen LogP contribution < -0.4 is 5.32 Å². The van der Waals surface area contributed by atoms with Crippen molar-refractivity contribution in [1.82, 2.24) is 10.2 Å². The van der Waals surface area contributed by atoms with Gasteiger partial charge in [-0.3, -0.25) is 9.59 Å². The monoisotopic (exact) mass is 452 g/mol. The summed E-state index contributed by atoms with van der Waals surface area (Å²) in [7, 11) is 0. The predicted octanol–water partition coefficient (Wildman–Crippen LogP) is 5.17. The Morgan fingerprint density at radius 2 is 1.69 bits per heavy atom. The maximum atomic E-state index is 13.1. The number of carbonyl (C=O) groups is 2. The molecule has 0 aliphatic heterocycles. The number of rotatable bonds is 10. The fraction of sp³-hybridized carbons (Fsp3) is 0.364. The topological polar surface area (TPSA) is 49.4 Å². The van der Waals surface area contributed by atoms with E-state index in [4.69, 9.17) is 23.2 Å². The molecular formula is C22H26Cl2N2O2S. The summed E-state index contributed by atoms with van der Waals surface area (Å²) in [5.41, 5.74) is 1.81. The largest absolute Gasteiger partial charge is 0.355 e. The summed E-state index contributed by atoms with van der Waals surface area (Å²) >= 11 is 14.2. The Balaban J connectivity index is 2.18. The number of likely N-dealkylation sites (N-methyl/N-ethyl adjacent to an activating group) is 1. The van der Waals surface area contributed by atoms with Crippen LogP contribution in [0.4, 0.5) is 0 Å². The van der Waals surface area contributed by atoms with E-state index in [0.717, 1.165) is 11.3 Å². The molecule has 0 saturated carbocycles. The molecule has 0 radical (unpaired) electrons. The van der Waals surface area contributed by atoms with Crippen LogP contribution in [0.15, 0.2) is 48.5 Å². The third-order valence-electron chi connectivity index (χ3n) is 4.46. The highest BCUT2D eigenvalue weighted by Gasteiger charge is 2.29. The summed E-state index contributed by atoms with van der Waals surface area (Å²) in [4.78, 5) is 27.3. The molecule has 2 aromatic carbocycles. The van der Waals surface area contributed by atoms with Gasteiger partial charge < -0.3 is 10.2 Å². The van der Waals surface area contributed by atoms with Crippen molar-refractivity contribution in [3.05, 3.63) is 69.7 Å². The maximum absolute atomic E-state index is 13.1. The van der Waals surface area contributed by atoms with Crippen LogP contribution >= 0.6 is 35.0 Å². The molecule has 0 saturated heterocycles. The predicted molar refractivity (Wildman–Crippen MR) is 122 cm³/mol. The van der Waals surface area contributed by atoms with Gasteiger partial charge in [0.2, 0.25) is 11.8 Å². The first-order valence-corrected chi connectivity index (χ1v) is 11.5. The Kier molecular flexibility index (Phi) is 9.85. The standard InChI is InChI=1S/C22H26Cl2N2O2S/c1-3-20(22(28)25-4-2)26(13-17-18(23)11-8-12-19(17)24)21(27)15-29-14-16-9-6-5-7-10-16/h5-12,20H,3-4,13-15H2,1-2H3,(H,25,28)/t20-/m1/s1. The van der Waals surface area contributed by atoms with Crippen LogP contribution in [-0.2, 0) is 21.9 Å². The van der Waals surface area contributed by atoms with Crippen molar-refractivity contribution < 1.29 is 9.59 Å². The van der Waals surface area contributed by atoms with Crippen molar-refractivity contribution >= 4 is 46.8 Å². The Morgan fingerprint density at radius 3 is 2.28 bits per heavy atom. The molecule has 156 valence electrons. The molecule has 0 aromatic heterocycles. The van der Waals surface area contributed by atoms with Crippen molar-refractivity contribution in [2.75, 3.05) is 12.3 Å². The smallest absolute Gasteiger partial charge is 0.242 e. The number of thioether (sulfide) groups is 1. The summed E-state index contributed by atoms with van der Waals surface area (Å²) in [6.07, 6.45) is 0.503. The van der Waals surface area contributed by atoms with Crippen LogP contribution in [0.2, 0.25) is 10.0 Å². The maximum Gasteiger partial charge on any atom is 0.242 e. The number of benzene rings is 2. The number of hydrogen-bond acceptors (Lipinski definition) is 3. The second-order valence-electron chi connectivity index (χ2n) is 6.52.